The number of likely N-dealkylation sites (tertiary alicyclic amines) is 1. The van der Waals surface area contributed by atoms with E-state index in [1.165, 1.54) is 0 Å². The van der Waals surface area contributed by atoms with Crippen LogP contribution in [0.1, 0.15) is 28.8 Å². The SMILES string of the molecule is O=C([S-])N(C(=O)c1ccccc1)[N+]1(Cc2ccc(Oc3ccccc3)cc2)CCCC1=O. The third-order valence-electron chi connectivity index (χ3n) is 5.50. The molecule has 3 aromatic carbocycles. The monoisotopic (exact) mass is 446 g/mol. The number of amides is 3. The molecular weight excluding hydrogens is 424 g/mol. The first kappa shape index (κ1) is 21.7. The first-order valence-electron chi connectivity index (χ1n) is 10.3. The van der Waals surface area contributed by atoms with Gasteiger partial charge in [0.2, 0.25) is 0 Å². The summed E-state index contributed by atoms with van der Waals surface area (Å²) >= 11 is 4.93. The molecule has 1 unspecified atom stereocenters. The van der Waals surface area contributed by atoms with Crippen LogP contribution < -0.4 is 4.74 Å². The number of ether oxygens (including phenoxy) is 1. The van der Waals surface area contributed by atoms with Crippen molar-refractivity contribution in [3.8, 4) is 11.5 Å². The largest absolute Gasteiger partial charge is 0.713 e. The fourth-order valence-electron chi connectivity index (χ4n) is 3.98. The molecule has 3 amide bonds. The maximum atomic E-state index is 13.2. The van der Waals surface area contributed by atoms with Crippen LogP contribution in [0.3, 0.4) is 0 Å². The quantitative estimate of drug-likeness (QED) is 0.400. The Kier molecular flexibility index (Phi) is 6.30. The number of carbonyl (C=O) groups excluding carboxylic acids is 3. The zero-order chi connectivity index (χ0) is 22.6. The number of nitrogens with zero attached hydrogens (tertiary/aromatic N) is 2. The van der Waals surface area contributed by atoms with Crippen LogP contribution in [-0.4, -0.2) is 33.2 Å². The first-order chi connectivity index (χ1) is 15.5. The summed E-state index contributed by atoms with van der Waals surface area (Å²) in [5, 5.41) is 0.0760. The van der Waals surface area contributed by atoms with Crippen LogP contribution in [0.4, 0.5) is 4.79 Å². The summed E-state index contributed by atoms with van der Waals surface area (Å²) in [6.07, 6.45) is 0.867. The summed E-state index contributed by atoms with van der Waals surface area (Å²) < 4.78 is 5.40. The highest BCUT2D eigenvalue weighted by Gasteiger charge is 2.50. The van der Waals surface area contributed by atoms with Gasteiger partial charge in [-0.15, -0.1) is 9.60 Å². The summed E-state index contributed by atoms with van der Waals surface area (Å²) in [5.74, 6) is 0.604. The van der Waals surface area contributed by atoms with Gasteiger partial charge >= 0.3 is 11.8 Å². The molecule has 0 aromatic heterocycles. The lowest BCUT2D eigenvalue weighted by Gasteiger charge is -2.40. The summed E-state index contributed by atoms with van der Waals surface area (Å²) in [6.45, 7) is 0.494. The van der Waals surface area contributed by atoms with Crippen molar-refractivity contribution in [2.45, 2.75) is 19.4 Å². The second kappa shape index (κ2) is 9.30. The van der Waals surface area contributed by atoms with Crippen molar-refractivity contribution < 1.29 is 23.7 Å². The zero-order valence-corrected chi connectivity index (χ0v) is 18.2. The minimum atomic E-state index is -0.863. The lowest BCUT2D eigenvalue weighted by atomic mass is 10.2. The molecule has 0 spiro atoms. The molecule has 162 valence electrons. The van der Waals surface area contributed by atoms with Gasteiger partial charge in [0, 0.05) is 17.5 Å². The third-order valence-corrected chi connectivity index (χ3v) is 5.67. The molecule has 1 heterocycles. The topological polar surface area (TPSA) is 63.7 Å². The van der Waals surface area contributed by atoms with E-state index in [4.69, 9.17) is 17.4 Å². The van der Waals surface area contributed by atoms with E-state index in [0.29, 0.717) is 24.3 Å². The van der Waals surface area contributed by atoms with Crippen molar-refractivity contribution in [1.82, 2.24) is 5.01 Å². The first-order valence-corrected chi connectivity index (χ1v) is 10.7. The number of hydrogen-bond donors (Lipinski definition) is 0. The van der Waals surface area contributed by atoms with Crippen molar-refractivity contribution in [1.29, 1.82) is 0 Å². The van der Waals surface area contributed by atoms with Gasteiger partial charge in [0.25, 0.3) is 0 Å². The molecule has 1 atom stereocenters. The van der Waals surface area contributed by atoms with Crippen molar-refractivity contribution in [3.05, 3.63) is 96.1 Å². The van der Waals surface area contributed by atoms with Gasteiger partial charge in [-0.3, -0.25) is 9.59 Å². The summed E-state index contributed by atoms with van der Waals surface area (Å²) in [4.78, 5) is 38.7. The molecule has 0 bridgehead atoms. The minimum Gasteiger partial charge on any atom is -0.713 e. The van der Waals surface area contributed by atoms with Crippen LogP contribution in [0.2, 0.25) is 0 Å². The molecule has 3 aromatic rings. The molecule has 0 saturated carbocycles. The predicted molar refractivity (Wildman–Crippen MR) is 121 cm³/mol. The molecule has 7 heteroatoms. The Balaban J connectivity index is 1.62. The average molecular weight is 447 g/mol. The van der Waals surface area contributed by atoms with E-state index in [1.807, 2.05) is 42.5 Å². The lowest BCUT2D eigenvalue weighted by Crippen LogP contribution is -2.64. The van der Waals surface area contributed by atoms with Gasteiger partial charge in [-0.05, 0) is 48.5 Å². The van der Waals surface area contributed by atoms with E-state index in [-0.39, 0.29) is 18.9 Å². The van der Waals surface area contributed by atoms with E-state index in [0.717, 1.165) is 16.3 Å². The van der Waals surface area contributed by atoms with Crippen LogP contribution in [-0.2, 0) is 24.0 Å². The fraction of sp³-hybridized carbons (Fsp3) is 0.160. The third kappa shape index (κ3) is 4.39. The van der Waals surface area contributed by atoms with Gasteiger partial charge in [-0.25, -0.2) is 4.79 Å². The summed E-state index contributed by atoms with van der Waals surface area (Å²) in [6, 6.07) is 25.1. The maximum Gasteiger partial charge on any atom is 0.339 e. The Bertz CT molecular complexity index is 1120. The molecule has 1 saturated heterocycles. The number of imide groups is 1. The molecule has 1 aliphatic rings. The van der Waals surface area contributed by atoms with Gasteiger partial charge in [-0.2, -0.15) is 0 Å². The van der Waals surface area contributed by atoms with Crippen molar-refractivity contribution in [2.75, 3.05) is 6.54 Å². The average Bonchev–Trinajstić information content (AvgIpc) is 3.16. The molecule has 32 heavy (non-hydrogen) atoms. The number of hydrogen-bond acceptors (Lipinski definition) is 5. The maximum absolute atomic E-state index is 13.2. The minimum absolute atomic E-state index is 0.158. The fourth-order valence-corrected chi connectivity index (χ4v) is 4.22. The van der Waals surface area contributed by atoms with E-state index in [9.17, 15) is 14.4 Å². The van der Waals surface area contributed by atoms with E-state index in [2.05, 4.69) is 0 Å². The standard InChI is InChI=1S/C25H22N2O4S/c28-23-12-7-17-27(23,26(25(30)32)24(29)20-8-3-1-4-9-20)18-19-13-15-22(16-14-19)31-21-10-5-2-6-11-21/h1-6,8-11,13-16H,7,12,17-18H2. The van der Waals surface area contributed by atoms with E-state index >= 15 is 0 Å². The Morgan fingerprint density at radius 1 is 0.875 bits per heavy atom. The number of para-hydroxylation sites is 1. The van der Waals surface area contributed by atoms with Crippen molar-refractivity contribution >= 4 is 29.7 Å². The summed E-state index contributed by atoms with van der Waals surface area (Å²) in [5.41, 5.74) is 1.11. The molecule has 0 aliphatic carbocycles. The summed E-state index contributed by atoms with van der Waals surface area (Å²) in [7, 11) is 0. The van der Waals surface area contributed by atoms with Crippen LogP contribution in [0.5, 0.6) is 11.5 Å². The van der Waals surface area contributed by atoms with Crippen LogP contribution in [0, 0.1) is 0 Å². The second-order valence-electron chi connectivity index (χ2n) is 7.61. The number of carbonyl (C=O) groups is 3. The Labute approximate surface area is 192 Å². The molecule has 1 aliphatic heterocycles. The van der Waals surface area contributed by atoms with Crippen molar-refractivity contribution in [2.24, 2.45) is 0 Å². The van der Waals surface area contributed by atoms with Gasteiger partial charge in [0.15, 0.2) is 5.24 Å². The highest BCUT2D eigenvalue weighted by Crippen LogP contribution is 2.31. The Morgan fingerprint density at radius 2 is 1.47 bits per heavy atom. The zero-order valence-electron chi connectivity index (χ0n) is 17.3. The van der Waals surface area contributed by atoms with Crippen LogP contribution in [0.25, 0.3) is 0 Å². The normalized spacial score (nSPS) is 17.7. The molecular formula is C25H22N2O4S. The lowest BCUT2D eigenvalue weighted by molar-refractivity contribution is -0.947. The number of rotatable bonds is 6. The Hall–Kier alpha value is -3.55. The smallest absolute Gasteiger partial charge is 0.339 e. The van der Waals surface area contributed by atoms with Gasteiger partial charge in [0.1, 0.15) is 24.6 Å². The molecule has 0 radical (unpaired) electrons. The number of quaternary nitrogens is 1. The molecule has 6 nitrogen and oxygen atoms in total. The highest BCUT2D eigenvalue weighted by molar-refractivity contribution is 7.76. The van der Waals surface area contributed by atoms with Crippen LogP contribution >= 0.6 is 0 Å². The van der Waals surface area contributed by atoms with E-state index in [1.54, 1.807) is 42.5 Å². The van der Waals surface area contributed by atoms with Crippen molar-refractivity contribution in [3.63, 3.8) is 0 Å². The van der Waals surface area contributed by atoms with Crippen LogP contribution in [0.15, 0.2) is 84.9 Å². The van der Waals surface area contributed by atoms with Gasteiger partial charge < -0.3 is 17.4 Å². The predicted octanol–water partition coefficient (Wildman–Crippen LogP) is 4.84. The van der Waals surface area contributed by atoms with Gasteiger partial charge in [-0.1, -0.05) is 36.4 Å². The molecule has 4 rings (SSSR count). The van der Waals surface area contributed by atoms with E-state index < -0.39 is 15.7 Å². The second-order valence-corrected chi connectivity index (χ2v) is 7.96. The molecule has 1 fully saturated rings. The number of benzene rings is 3. The Morgan fingerprint density at radius 3 is 2.03 bits per heavy atom. The highest BCUT2D eigenvalue weighted by atomic mass is 32.1. The molecule has 0 N–H and O–H groups in total. The van der Waals surface area contributed by atoms with Gasteiger partial charge in [0.05, 0.1) is 6.42 Å².